The molecule has 0 spiro atoms. The van der Waals surface area contributed by atoms with E-state index in [1.807, 2.05) is 0 Å². The van der Waals surface area contributed by atoms with Crippen LogP contribution in [-0.4, -0.2) is 35.7 Å². The van der Waals surface area contributed by atoms with Crippen molar-refractivity contribution in [1.82, 2.24) is 10.1 Å². The average molecular weight is 252 g/mol. The zero-order chi connectivity index (χ0) is 12.4. The number of aromatic nitrogens is 2. The predicted octanol–water partition coefficient (Wildman–Crippen LogP) is 1.38. The molecule has 1 aromatic heterocycles. The van der Waals surface area contributed by atoms with Crippen LogP contribution in [0.25, 0.3) is 0 Å². The minimum Gasteiger partial charge on any atom is -0.376 e. The number of ketones is 1. The third kappa shape index (κ3) is 2.44. The van der Waals surface area contributed by atoms with Crippen molar-refractivity contribution in [1.29, 1.82) is 0 Å². The summed E-state index contributed by atoms with van der Waals surface area (Å²) in [6, 6.07) is 0. The lowest BCUT2D eigenvalue weighted by Gasteiger charge is -2.20. The Morgan fingerprint density at radius 3 is 2.72 bits per heavy atom. The van der Waals surface area contributed by atoms with Gasteiger partial charge in [-0.15, -0.1) is 0 Å². The normalized spacial score (nSPS) is 26.4. The second-order valence-corrected chi connectivity index (χ2v) is 4.74. The van der Waals surface area contributed by atoms with Crippen molar-refractivity contribution in [3.63, 3.8) is 0 Å². The molecule has 6 nitrogen and oxygen atoms in total. The summed E-state index contributed by atoms with van der Waals surface area (Å²) in [6.07, 6.45) is 2.63. The van der Waals surface area contributed by atoms with Crippen LogP contribution in [0.5, 0.6) is 0 Å². The van der Waals surface area contributed by atoms with Crippen molar-refractivity contribution in [2.24, 2.45) is 0 Å². The summed E-state index contributed by atoms with van der Waals surface area (Å²) in [5, 5.41) is 3.96. The predicted molar refractivity (Wildman–Crippen MR) is 60.0 cm³/mol. The molecule has 1 saturated carbocycles. The summed E-state index contributed by atoms with van der Waals surface area (Å²) < 4.78 is 16.1. The lowest BCUT2D eigenvalue weighted by atomic mass is 9.88. The van der Waals surface area contributed by atoms with Gasteiger partial charge >= 0.3 is 0 Å². The van der Waals surface area contributed by atoms with Gasteiger partial charge in [0.05, 0.1) is 19.8 Å². The van der Waals surface area contributed by atoms with E-state index in [9.17, 15) is 4.79 Å². The first-order chi connectivity index (χ1) is 8.83. The summed E-state index contributed by atoms with van der Waals surface area (Å²) in [6.45, 7) is 1.65. The zero-order valence-corrected chi connectivity index (χ0v) is 10.1. The van der Waals surface area contributed by atoms with Gasteiger partial charge in [0.15, 0.2) is 0 Å². The Morgan fingerprint density at radius 2 is 2.00 bits per heavy atom. The molecule has 3 rings (SSSR count). The highest BCUT2D eigenvalue weighted by molar-refractivity contribution is 5.79. The number of ether oxygens (including phenoxy) is 2. The van der Waals surface area contributed by atoms with E-state index < -0.39 is 0 Å². The molecule has 98 valence electrons. The van der Waals surface area contributed by atoms with Gasteiger partial charge in [0.2, 0.25) is 11.7 Å². The van der Waals surface area contributed by atoms with Crippen LogP contribution in [0, 0.1) is 0 Å². The number of carbonyl (C=O) groups excluding carboxylic acids is 1. The standard InChI is InChI=1S/C12H16N2O4/c15-9-3-1-8(2-4-9)12-13-11(14-18-12)10-7-16-5-6-17-10/h8,10H,1-7H2. The van der Waals surface area contributed by atoms with Crippen LogP contribution in [0.4, 0.5) is 0 Å². The summed E-state index contributed by atoms with van der Waals surface area (Å²) in [7, 11) is 0. The molecule has 18 heavy (non-hydrogen) atoms. The van der Waals surface area contributed by atoms with Crippen LogP contribution >= 0.6 is 0 Å². The number of hydrogen-bond donors (Lipinski definition) is 0. The van der Waals surface area contributed by atoms with Gasteiger partial charge in [-0.05, 0) is 12.8 Å². The molecule has 0 aromatic carbocycles. The van der Waals surface area contributed by atoms with Gasteiger partial charge in [-0.2, -0.15) is 4.98 Å². The minimum absolute atomic E-state index is 0.216. The second-order valence-electron chi connectivity index (χ2n) is 4.74. The van der Waals surface area contributed by atoms with E-state index in [0.29, 0.717) is 50.2 Å². The van der Waals surface area contributed by atoms with Crippen molar-refractivity contribution in [3.05, 3.63) is 11.7 Å². The van der Waals surface area contributed by atoms with Crippen LogP contribution < -0.4 is 0 Å². The van der Waals surface area contributed by atoms with Crippen molar-refractivity contribution < 1.29 is 18.8 Å². The Kier molecular flexibility index (Phi) is 3.38. The highest BCUT2D eigenvalue weighted by atomic mass is 16.6. The Balaban J connectivity index is 1.67. The Labute approximate surface area is 105 Å². The molecule has 1 unspecified atom stereocenters. The molecule has 2 fully saturated rings. The summed E-state index contributed by atoms with van der Waals surface area (Å²) in [5.41, 5.74) is 0. The van der Waals surface area contributed by atoms with Gasteiger partial charge in [-0.3, -0.25) is 4.79 Å². The zero-order valence-electron chi connectivity index (χ0n) is 10.1. The van der Waals surface area contributed by atoms with E-state index in [-0.39, 0.29) is 12.0 Å². The molecule has 0 amide bonds. The topological polar surface area (TPSA) is 74.5 Å². The van der Waals surface area contributed by atoms with E-state index in [4.69, 9.17) is 14.0 Å². The molecule has 1 aliphatic carbocycles. The van der Waals surface area contributed by atoms with Gasteiger partial charge in [0, 0.05) is 18.8 Å². The van der Waals surface area contributed by atoms with Crippen LogP contribution in [0.1, 0.15) is 49.4 Å². The number of Topliss-reactive ketones (excluding diaryl/α,β-unsaturated/α-hetero) is 1. The number of rotatable bonds is 2. The maximum Gasteiger partial charge on any atom is 0.229 e. The lowest BCUT2D eigenvalue weighted by Crippen LogP contribution is -2.22. The Bertz CT molecular complexity index is 415. The first kappa shape index (κ1) is 11.8. The molecule has 1 saturated heterocycles. The van der Waals surface area contributed by atoms with Gasteiger partial charge in [-0.25, -0.2) is 0 Å². The van der Waals surface area contributed by atoms with E-state index in [1.165, 1.54) is 0 Å². The quantitative estimate of drug-likeness (QED) is 0.791. The molecule has 2 aliphatic rings. The third-order valence-electron chi connectivity index (χ3n) is 3.45. The SMILES string of the molecule is O=C1CCC(c2nc(C3COCCO3)no2)CC1. The molecule has 1 atom stereocenters. The van der Waals surface area contributed by atoms with E-state index in [0.717, 1.165) is 12.8 Å². The largest absolute Gasteiger partial charge is 0.376 e. The molecule has 0 bridgehead atoms. The smallest absolute Gasteiger partial charge is 0.229 e. The Hall–Kier alpha value is -1.27. The molecular weight excluding hydrogens is 236 g/mol. The van der Waals surface area contributed by atoms with Gasteiger partial charge < -0.3 is 14.0 Å². The van der Waals surface area contributed by atoms with E-state index >= 15 is 0 Å². The second kappa shape index (κ2) is 5.16. The summed E-state index contributed by atoms with van der Waals surface area (Å²) in [5.74, 6) is 1.73. The molecule has 0 N–H and O–H groups in total. The fourth-order valence-electron chi connectivity index (χ4n) is 2.37. The fourth-order valence-corrected chi connectivity index (χ4v) is 2.37. The maximum absolute atomic E-state index is 11.2. The minimum atomic E-state index is -0.221. The van der Waals surface area contributed by atoms with E-state index in [2.05, 4.69) is 10.1 Å². The van der Waals surface area contributed by atoms with Crippen LogP contribution in [0.2, 0.25) is 0 Å². The van der Waals surface area contributed by atoms with Crippen LogP contribution in [0.15, 0.2) is 4.52 Å². The van der Waals surface area contributed by atoms with Crippen molar-refractivity contribution in [2.45, 2.75) is 37.7 Å². The monoisotopic (exact) mass is 252 g/mol. The average Bonchev–Trinajstić information content (AvgIpc) is 2.90. The van der Waals surface area contributed by atoms with Crippen LogP contribution in [0.3, 0.4) is 0 Å². The van der Waals surface area contributed by atoms with Gasteiger partial charge in [0.25, 0.3) is 0 Å². The maximum atomic E-state index is 11.2. The van der Waals surface area contributed by atoms with Crippen molar-refractivity contribution in [2.75, 3.05) is 19.8 Å². The van der Waals surface area contributed by atoms with Crippen molar-refractivity contribution >= 4 is 5.78 Å². The molecule has 1 aromatic rings. The summed E-state index contributed by atoms with van der Waals surface area (Å²) >= 11 is 0. The lowest BCUT2D eigenvalue weighted by molar-refractivity contribution is -0.120. The number of carbonyl (C=O) groups is 1. The highest BCUT2D eigenvalue weighted by Crippen LogP contribution is 2.31. The fraction of sp³-hybridized carbons (Fsp3) is 0.750. The molecule has 6 heteroatoms. The van der Waals surface area contributed by atoms with Crippen LogP contribution in [-0.2, 0) is 14.3 Å². The first-order valence-corrected chi connectivity index (χ1v) is 6.37. The van der Waals surface area contributed by atoms with Crippen molar-refractivity contribution in [3.8, 4) is 0 Å². The highest BCUT2D eigenvalue weighted by Gasteiger charge is 2.28. The first-order valence-electron chi connectivity index (χ1n) is 6.37. The third-order valence-corrected chi connectivity index (χ3v) is 3.45. The number of nitrogens with zero attached hydrogens (tertiary/aromatic N) is 2. The Morgan fingerprint density at radius 1 is 1.17 bits per heavy atom. The molecule has 2 heterocycles. The molecule has 0 radical (unpaired) electrons. The molecule has 1 aliphatic heterocycles. The number of hydrogen-bond acceptors (Lipinski definition) is 6. The van der Waals surface area contributed by atoms with Gasteiger partial charge in [0.1, 0.15) is 11.9 Å². The van der Waals surface area contributed by atoms with Gasteiger partial charge in [-0.1, -0.05) is 5.16 Å². The van der Waals surface area contributed by atoms with E-state index in [1.54, 1.807) is 0 Å². The summed E-state index contributed by atoms with van der Waals surface area (Å²) in [4.78, 5) is 15.6. The molecular formula is C12H16N2O4.